The van der Waals surface area contributed by atoms with Gasteiger partial charge in [0.15, 0.2) is 0 Å². The van der Waals surface area contributed by atoms with Crippen molar-refractivity contribution in [2.24, 2.45) is 17.8 Å². The number of halogens is 1. The van der Waals surface area contributed by atoms with Crippen molar-refractivity contribution in [2.75, 3.05) is 0 Å². The van der Waals surface area contributed by atoms with E-state index in [1.807, 2.05) is 10.2 Å². The zero-order valence-electron chi connectivity index (χ0n) is 8.53. The Morgan fingerprint density at radius 3 is 2.50 bits per heavy atom. The number of hydrogen-bond acceptors (Lipinski definition) is 1. The van der Waals surface area contributed by atoms with Gasteiger partial charge in [-0.3, -0.25) is 0 Å². The number of rotatable bonds is 4. The Kier molecular flexibility index (Phi) is 3.88. The van der Waals surface area contributed by atoms with Crippen molar-refractivity contribution in [3.8, 4) is 0 Å². The van der Waals surface area contributed by atoms with Crippen LogP contribution in [0.4, 0.5) is 0 Å². The van der Waals surface area contributed by atoms with Crippen LogP contribution in [0.25, 0.3) is 0 Å². The minimum atomic E-state index is -0.176. The summed E-state index contributed by atoms with van der Waals surface area (Å²) in [7, 11) is 0. The van der Waals surface area contributed by atoms with E-state index in [4.69, 9.17) is 0 Å². The lowest BCUT2D eigenvalue weighted by molar-refractivity contribution is 0.0409. The lowest BCUT2D eigenvalue weighted by Gasteiger charge is -2.41. The zero-order valence-corrected chi connectivity index (χ0v) is 10.7. The van der Waals surface area contributed by atoms with Crippen molar-refractivity contribution in [2.45, 2.75) is 44.6 Å². The molecule has 0 radical (unpaired) electrons. The van der Waals surface area contributed by atoms with Crippen LogP contribution >= 0.6 is 22.6 Å². The molecule has 0 heterocycles. The van der Waals surface area contributed by atoms with Gasteiger partial charge in [0.05, 0.1) is 6.10 Å². The molecule has 0 aliphatic heterocycles. The molecule has 0 spiro atoms. The summed E-state index contributed by atoms with van der Waals surface area (Å²) in [5, 5.41) is 9.70. The van der Waals surface area contributed by atoms with Gasteiger partial charge in [0, 0.05) is 0 Å². The Morgan fingerprint density at radius 2 is 2.00 bits per heavy atom. The fourth-order valence-corrected chi connectivity index (χ4v) is 3.12. The van der Waals surface area contributed by atoms with Gasteiger partial charge in [-0.2, -0.15) is 0 Å². The van der Waals surface area contributed by atoms with Gasteiger partial charge < -0.3 is 5.11 Å². The molecule has 1 nitrogen and oxygen atoms in total. The van der Waals surface area contributed by atoms with E-state index in [1.165, 1.54) is 38.5 Å². The highest BCUT2D eigenvalue weighted by Crippen LogP contribution is 2.44. The highest BCUT2D eigenvalue weighted by atomic mass is 127. The molecule has 1 N–H and O–H groups in total. The highest BCUT2D eigenvalue weighted by molar-refractivity contribution is 14.1. The standard InChI is InChI=1S/C12H19IO/c13-5-4-12(14)11-7-10(8-11)6-9-2-1-3-9/h4-5,9-12,14H,1-3,6-8H2/b5-4+. The average molecular weight is 306 g/mol. The maximum absolute atomic E-state index is 9.70. The van der Waals surface area contributed by atoms with Crippen LogP contribution < -0.4 is 0 Å². The summed E-state index contributed by atoms with van der Waals surface area (Å²) in [5.74, 6) is 2.53. The topological polar surface area (TPSA) is 20.2 Å². The molecule has 2 aliphatic rings. The second-order valence-electron chi connectivity index (χ2n) is 4.94. The van der Waals surface area contributed by atoms with Crippen molar-refractivity contribution in [1.29, 1.82) is 0 Å². The molecule has 0 saturated heterocycles. The molecule has 2 aliphatic carbocycles. The Balaban J connectivity index is 1.63. The molecule has 2 fully saturated rings. The third kappa shape index (κ3) is 2.51. The lowest BCUT2D eigenvalue weighted by Crippen LogP contribution is -2.34. The Hall–Kier alpha value is 0.430. The predicted molar refractivity (Wildman–Crippen MR) is 67.3 cm³/mol. The molecule has 80 valence electrons. The minimum Gasteiger partial charge on any atom is -0.389 e. The Bertz CT molecular complexity index is 204. The molecule has 0 aromatic carbocycles. The highest BCUT2D eigenvalue weighted by Gasteiger charge is 2.35. The lowest BCUT2D eigenvalue weighted by atomic mass is 9.66. The van der Waals surface area contributed by atoms with Gasteiger partial charge in [-0.15, -0.1) is 0 Å². The van der Waals surface area contributed by atoms with Crippen molar-refractivity contribution in [3.05, 3.63) is 10.2 Å². The molecule has 1 unspecified atom stereocenters. The first kappa shape index (κ1) is 10.9. The van der Waals surface area contributed by atoms with Gasteiger partial charge in [0.1, 0.15) is 0 Å². The fourth-order valence-electron chi connectivity index (χ4n) is 2.69. The molecule has 0 aromatic rings. The van der Waals surface area contributed by atoms with Crippen LogP contribution in [0.15, 0.2) is 10.2 Å². The van der Waals surface area contributed by atoms with E-state index < -0.39 is 0 Å². The Morgan fingerprint density at radius 1 is 1.29 bits per heavy atom. The van der Waals surface area contributed by atoms with Gasteiger partial charge in [0.2, 0.25) is 0 Å². The molecule has 2 saturated carbocycles. The maximum atomic E-state index is 9.70. The smallest absolute Gasteiger partial charge is 0.0756 e. The molecular formula is C12H19IO. The summed E-state index contributed by atoms with van der Waals surface area (Å²) in [5.41, 5.74) is 0. The van der Waals surface area contributed by atoms with E-state index >= 15 is 0 Å². The zero-order chi connectivity index (χ0) is 9.97. The van der Waals surface area contributed by atoms with E-state index in [9.17, 15) is 5.11 Å². The summed E-state index contributed by atoms with van der Waals surface area (Å²) in [6.45, 7) is 0. The van der Waals surface area contributed by atoms with Crippen LogP contribution in [-0.4, -0.2) is 11.2 Å². The van der Waals surface area contributed by atoms with Crippen LogP contribution in [0.2, 0.25) is 0 Å². The van der Waals surface area contributed by atoms with Gasteiger partial charge in [-0.1, -0.05) is 41.9 Å². The van der Waals surface area contributed by atoms with Crippen LogP contribution in [-0.2, 0) is 0 Å². The first-order chi connectivity index (χ1) is 6.79. The molecule has 0 amide bonds. The van der Waals surface area contributed by atoms with Crippen LogP contribution in [0.5, 0.6) is 0 Å². The molecular weight excluding hydrogens is 287 g/mol. The van der Waals surface area contributed by atoms with Crippen LogP contribution in [0.3, 0.4) is 0 Å². The summed E-state index contributed by atoms with van der Waals surface area (Å²) >= 11 is 2.18. The van der Waals surface area contributed by atoms with E-state index in [-0.39, 0.29) is 6.10 Å². The van der Waals surface area contributed by atoms with E-state index in [0.717, 1.165) is 11.8 Å². The van der Waals surface area contributed by atoms with Crippen molar-refractivity contribution < 1.29 is 5.11 Å². The molecule has 0 aromatic heterocycles. The molecule has 14 heavy (non-hydrogen) atoms. The summed E-state index contributed by atoms with van der Waals surface area (Å²) in [6, 6.07) is 0. The van der Waals surface area contributed by atoms with Gasteiger partial charge in [0.25, 0.3) is 0 Å². The van der Waals surface area contributed by atoms with E-state index in [1.54, 1.807) is 0 Å². The first-order valence-electron chi connectivity index (χ1n) is 5.74. The summed E-state index contributed by atoms with van der Waals surface area (Å²) in [6.07, 6.45) is 10.1. The molecule has 1 atom stereocenters. The summed E-state index contributed by atoms with van der Waals surface area (Å²) in [4.78, 5) is 0. The number of hydrogen-bond donors (Lipinski definition) is 1. The van der Waals surface area contributed by atoms with E-state index in [0.29, 0.717) is 5.92 Å². The predicted octanol–water partition coefficient (Wildman–Crippen LogP) is 3.51. The largest absolute Gasteiger partial charge is 0.389 e. The van der Waals surface area contributed by atoms with Crippen molar-refractivity contribution in [3.63, 3.8) is 0 Å². The van der Waals surface area contributed by atoms with Crippen LogP contribution in [0, 0.1) is 17.8 Å². The van der Waals surface area contributed by atoms with E-state index in [2.05, 4.69) is 22.6 Å². The van der Waals surface area contributed by atoms with Gasteiger partial charge in [-0.05, 0) is 47.2 Å². The number of aliphatic hydroxyl groups excluding tert-OH is 1. The number of aliphatic hydroxyl groups is 1. The SMILES string of the molecule is OC(/C=C/I)C1CC(CC2CCC2)C1. The monoisotopic (exact) mass is 306 g/mol. The van der Waals surface area contributed by atoms with Crippen molar-refractivity contribution >= 4 is 22.6 Å². The normalized spacial score (nSPS) is 35.3. The average Bonchev–Trinajstić information content (AvgIpc) is 1.98. The molecule has 2 rings (SSSR count). The third-order valence-electron chi connectivity index (χ3n) is 3.92. The van der Waals surface area contributed by atoms with Crippen molar-refractivity contribution in [1.82, 2.24) is 0 Å². The maximum Gasteiger partial charge on any atom is 0.0756 e. The van der Waals surface area contributed by atoms with Gasteiger partial charge in [-0.25, -0.2) is 0 Å². The summed E-state index contributed by atoms with van der Waals surface area (Å²) < 4.78 is 1.93. The molecule has 0 bridgehead atoms. The first-order valence-corrected chi connectivity index (χ1v) is 6.99. The third-order valence-corrected chi connectivity index (χ3v) is 4.33. The van der Waals surface area contributed by atoms with Crippen LogP contribution in [0.1, 0.15) is 38.5 Å². The fraction of sp³-hybridized carbons (Fsp3) is 0.833. The molecule has 2 heteroatoms. The second-order valence-corrected chi connectivity index (χ2v) is 5.66. The minimum absolute atomic E-state index is 0.176. The Labute approximate surface area is 100 Å². The van der Waals surface area contributed by atoms with Gasteiger partial charge >= 0.3 is 0 Å². The quantitative estimate of drug-likeness (QED) is 0.788. The second kappa shape index (κ2) is 4.97.